The molecule has 33 heavy (non-hydrogen) atoms. The van der Waals surface area contributed by atoms with Gasteiger partial charge in [0.25, 0.3) is 11.5 Å². The van der Waals surface area contributed by atoms with Gasteiger partial charge in [-0.3, -0.25) is 9.59 Å². The number of phenolic OH excluding ortho intramolecular Hbond substituents is 1. The number of aromatic hydroxyl groups is 1. The Kier molecular flexibility index (Phi) is 5.05. The van der Waals surface area contributed by atoms with Crippen LogP contribution < -0.4 is 16.2 Å². The van der Waals surface area contributed by atoms with Crippen molar-refractivity contribution in [2.24, 2.45) is 7.05 Å². The normalized spacial score (nSPS) is 13.2. The van der Waals surface area contributed by atoms with Gasteiger partial charge in [0.05, 0.1) is 5.69 Å². The number of anilines is 2. The summed E-state index contributed by atoms with van der Waals surface area (Å²) in [4.78, 5) is 34.5. The number of carbonyl (C=O) groups excluding carboxylic acids is 1. The van der Waals surface area contributed by atoms with Crippen molar-refractivity contribution in [1.29, 1.82) is 0 Å². The SMILES string of the molecule is Cc1ccc(NC(=O)c2cccc(O)c2)cc1-c1cc2cnc(NC3CC3)nc2c(=O)n1C. The van der Waals surface area contributed by atoms with E-state index in [4.69, 9.17) is 0 Å². The molecule has 0 bridgehead atoms. The van der Waals surface area contributed by atoms with Crippen molar-refractivity contribution in [2.75, 3.05) is 10.6 Å². The topological polar surface area (TPSA) is 109 Å². The summed E-state index contributed by atoms with van der Waals surface area (Å²) in [6.07, 6.45) is 3.85. The molecule has 0 aliphatic heterocycles. The van der Waals surface area contributed by atoms with Crippen LogP contribution in [0.2, 0.25) is 0 Å². The number of benzene rings is 2. The Labute approximate surface area is 189 Å². The quantitative estimate of drug-likeness (QED) is 0.434. The van der Waals surface area contributed by atoms with Crippen LogP contribution in [0.4, 0.5) is 11.6 Å². The fraction of sp³-hybridized carbons (Fsp3) is 0.200. The zero-order valence-electron chi connectivity index (χ0n) is 18.3. The highest BCUT2D eigenvalue weighted by molar-refractivity contribution is 6.04. The first-order chi connectivity index (χ1) is 15.9. The van der Waals surface area contributed by atoms with Crippen molar-refractivity contribution in [3.05, 3.63) is 76.2 Å². The van der Waals surface area contributed by atoms with E-state index >= 15 is 0 Å². The lowest BCUT2D eigenvalue weighted by Crippen LogP contribution is -2.20. The number of phenols is 1. The highest BCUT2D eigenvalue weighted by Crippen LogP contribution is 2.28. The molecule has 3 N–H and O–H groups in total. The summed E-state index contributed by atoms with van der Waals surface area (Å²) in [6, 6.07) is 14.0. The smallest absolute Gasteiger partial charge is 0.277 e. The zero-order valence-corrected chi connectivity index (χ0v) is 18.3. The van der Waals surface area contributed by atoms with Gasteiger partial charge in [0.15, 0.2) is 0 Å². The van der Waals surface area contributed by atoms with E-state index < -0.39 is 0 Å². The summed E-state index contributed by atoms with van der Waals surface area (Å²) >= 11 is 0. The van der Waals surface area contributed by atoms with E-state index in [1.807, 2.05) is 25.1 Å². The van der Waals surface area contributed by atoms with Gasteiger partial charge in [-0.25, -0.2) is 9.97 Å². The highest BCUT2D eigenvalue weighted by atomic mass is 16.3. The Morgan fingerprint density at radius 3 is 2.73 bits per heavy atom. The summed E-state index contributed by atoms with van der Waals surface area (Å²) < 4.78 is 1.57. The van der Waals surface area contributed by atoms with E-state index in [9.17, 15) is 14.7 Å². The molecule has 1 aliphatic carbocycles. The average Bonchev–Trinajstić information content (AvgIpc) is 3.62. The highest BCUT2D eigenvalue weighted by Gasteiger charge is 2.22. The molecule has 0 atom stereocenters. The van der Waals surface area contributed by atoms with Crippen LogP contribution in [0.15, 0.2) is 59.5 Å². The van der Waals surface area contributed by atoms with Gasteiger partial charge >= 0.3 is 0 Å². The third-order valence-corrected chi connectivity index (χ3v) is 5.77. The minimum Gasteiger partial charge on any atom is -0.508 e. The first-order valence-corrected chi connectivity index (χ1v) is 10.7. The summed E-state index contributed by atoms with van der Waals surface area (Å²) in [6.45, 7) is 1.95. The average molecular weight is 441 g/mol. The predicted molar refractivity (Wildman–Crippen MR) is 128 cm³/mol. The standard InChI is InChI=1S/C25H23N5O3/c1-14-6-7-18(27-23(32)15-4-3-5-19(31)10-15)12-20(14)21-11-16-13-26-25(28-17-8-9-17)29-22(16)24(33)30(21)2/h3-7,10-13,17,31H,8-9H2,1-2H3,(H,27,32)(H,26,28,29). The van der Waals surface area contributed by atoms with Gasteiger partial charge in [-0.15, -0.1) is 0 Å². The number of fused-ring (bicyclic) bond motifs is 1. The second-order valence-electron chi connectivity index (χ2n) is 8.34. The molecule has 0 saturated heterocycles. The van der Waals surface area contributed by atoms with Gasteiger partial charge in [0.2, 0.25) is 5.95 Å². The molecule has 0 spiro atoms. The number of rotatable bonds is 5. The Balaban J connectivity index is 1.51. The van der Waals surface area contributed by atoms with E-state index in [-0.39, 0.29) is 17.2 Å². The minimum absolute atomic E-state index is 0.0242. The lowest BCUT2D eigenvalue weighted by molar-refractivity contribution is 0.102. The monoisotopic (exact) mass is 441 g/mol. The van der Waals surface area contributed by atoms with Crippen molar-refractivity contribution in [1.82, 2.24) is 14.5 Å². The number of pyridine rings is 1. The van der Waals surface area contributed by atoms with E-state index in [0.29, 0.717) is 39.8 Å². The van der Waals surface area contributed by atoms with Gasteiger partial charge in [-0.2, -0.15) is 0 Å². The molecule has 2 aromatic carbocycles. The fourth-order valence-electron chi connectivity index (χ4n) is 3.74. The molecule has 1 aliphatic rings. The molecular weight excluding hydrogens is 418 g/mol. The van der Waals surface area contributed by atoms with Crippen LogP contribution in [-0.4, -0.2) is 31.6 Å². The third kappa shape index (κ3) is 4.15. The Morgan fingerprint density at radius 1 is 1.15 bits per heavy atom. The predicted octanol–water partition coefficient (Wildman–Crippen LogP) is 3.84. The van der Waals surface area contributed by atoms with Crippen LogP contribution in [-0.2, 0) is 7.05 Å². The molecule has 1 amide bonds. The summed E-state index contributed by atoms with van der Waals surface area (Å²) in [5.41, 5.74) is 3.55. The number of hydrogen-bond acceptors (Lipinski definition) is 6. The fourth-order valence-corrected chi connectivity index (χ4v) is 3.74. The van der Waals surface area contributed by atoms with E-state index in [0.717, 1.165) is 24.0 Å². The molecular formula is C25H23N5O3. The lowest BCUT2D eigenvalue weighted by atomic mass is 10.0. The summed E-state index contributed by atoms with van der Waals surface area (Å²) in [5.74, 6) is 0.163. The second-order valence-corrected chi connectivity index (χ2v) is 8.34. The molecule has 2 heterocycles. The van der Waals surface area contributed by atoms with E-state index in [2.05, 4.69) is 20.6 Å². The Bertz CT molecular complexity index is 1460. The van der Waals surface area contributed by atoms with Gasteiger partial charge in [-0.1, -0.05) is 12.1 Å². The maximum absolute atomic E-state index is 13.1. The third-order valence-electron chi connectivity index (χ3n) is 5.77. The van der Waals surface area contributed by atoms with Crippen LogP contribution in [0, 0.1) is 6.92 Å². The van der Waals surface area contributed by atoms with Gasteiger partial charge in [0.1, 0.15) is 11.3 Å². The number of hydrogen-bond donors (Lipinski definition) is 3. The van der Waals surface area contributed by atoms with E-state index in [1.165, 1.54) is 12.1 Å². The number of carbonyl (C=O) groups is 1. The maximum atomic E-state index is 13.1. The van der Waals surface area contributed by atoms with Gasteiger partial charge < -0.3 is 20.3 Å². The number of aryl methyl sites for hydroxylation is 1. The minimum atomic E-state index is -0.336. The van der Waals surface area contributed by atoms with Crippen molar-refractivity contribution in [3.63, 3.8) is 0 Å². The van der Waals surface area contributed by atoms with Crippen LogP contribution >= 0.6 is 0 Å². The molecule has 4 aromatic rings. The number of nitrogens with one attached hydrogen (secondary N) is 2. The zero-order chi connectivity index (χ0) is 23.1. The van der Waals surface area contributed by atoms with Crippen LogP contribution in [0.3, 0.4) is 0 Å². The van der Waals surface area contributed by atoms with Crippen molar-refractivity contribution in [2.45, 2.75) is 25.8 Å². The van der Waals surface area contributed by atoms with Crippen LogP contribution in [0.5, 0.6) is 5.75 Å². The van der Waals surface area contributed by atoms with Gasteiger partial charge in [0, 0.05) is 41.5 Å². The largest absolute Gasteiger partial charge is 0.508 e. The van der Waals surface area contributed by atoms with Gasteiger partial charge in [-0.05, 0) is 61.7 Å². The maximum Gasteiger partial charge on any atom is 0.277 e. The van der Waals surface area contributed by atoms with Crippen LogP contribution in [0.1, 0.15) is 28.8 Å². The molecule has 0 unspecified atom stereocenters. The lowest BCUT2D eigenvalue weighted by Gasteiger charge is -2.15. The van der Waals surface area contributed by atoms with Crippen molar-refractivity contribution in [3.8, 4) is 17.0 Å². The molecule has 1 fully saturated rings. The number of nitrogens with zero attached hydrogens (tertiary/aromatic N) is 3. The van der Waals surface area contributed by atoms with E-state index in [1.54, 1.807) is 36.0 Å². The first-order valence-electron chi connectivity index (χ1n) is 10.7. The Morgan fingerprint density at radius 2 is 1.97 bits per heavy atom. The number of aromatic nitrogens is 3. The van der Waals surface area contributed by atoms with Crippen LogP contribution in [0.25, 0.3) is 22.2 Å². The molecule has 8 heteroatoms. The molecule has 2 aromatic heterocycles. The Hall–Kier alpha value is -4.20. The molecule has 1 saturated carbocycles. The van der Waals surface area contributed by atoms with Crippen molar-refractivity contribution >= 4 is 28.4 Å². The molecule has 0 radical (unpaired) electrons. The molecule has 8 nitrogen and oxygen atoms in total. The summed E-state index contributed by atoms with van der Waals surface area (Å²) in [5, 5.41) is 16.4. The first kappa shape index (κ1) is 20.7. The second kappa shape index (κ2) is 8.05. The molecule has 166 valence electrons. The summed E-state index contributed by atoms with van der Waals surface area (Å²) in [7, 11) is 1.71. The van der Waals surface area contributed by atoms with Crippen molar-refractivity contribution < 1.29 is 9.90 Å². The number of amides is 1. The molecule has 5 rings (SSSR count).